The number of benzene rings is 3. The average Bonchev–Trinajstić information content (AvgIpc) is 3.35. The summed E-state index contributed by atoms with van der Waals surface area (Å²) >= 11 is 5.99. The maximum Gasteiger partial charge on any atom is 0.256 e. The summed E-state index contributed by atoms with van der Waals surface area (Å²) in [6.07, 6.45) is 2.60. The van der Waals surface area contributed by atoms with Gasteiger partial charge in [-0.3, -0.25) is 14.5 Å². The number of hydrazine groups is 1. The third-order valence-electron chi connectivity index (χ3n) is 6.77. The van der Waals surface area contributed by atoms with Crippen molar-refractivity contribution in [2.45, 2.75) is 19.4 Å². The molecule has 3 aromatic carbocycles. The molecule has 2 atom stereocenters. The molecule has 2 amide bonds. The van der Waals surface area contributed by atoms with Crippen molar-refractivity contribution in [1.29, 1.82) is 5.26 Å². The predicted octanol–water partition coefficient (Wildman–Crippen LogP) is 4.46. The van der Waals surface area contributed by atoms with Crippen LogP contribution in [0.25, 0.3) is 0 Å². The van der Waals surface area contributed by atoms with Crippen molar-refractivity contribution < 1.29 is 14.3 Å². The Morgan fingerprint density at radius 3 is 2.47 bits per heavy atom. The van der Waals surface area contributed by atoms with Crippen LogP contribution in [0.2, 0.25) is 5.02 Å². The highest BCUT2D eigenvalue weighted by Crippen LogP contribution is 2.32. The van der Waals surface area contributed by atoms with Crippen LogP contribution in [0.15, 0.2) is 78.6 Å². The van der Waals surface area contributed by atoms with Crippen molar-refractivity contribution in [1.82, 2.24) is 10.4 Å². The molecule has 38 heavy (non-hydrogen) atoms. The van der Waals surface area contributed by atoms with E-state index in [4.69, 9.17) is 16.3 Å². The first-order valence-electron chi connectivity index (χ1n) is 12.1. The van der Waals surface area contributed by atoms with Crippen LogP contribution in [0.4, 0.5) is 11.4 Å². The van der Waals surface area contributed by atoms with E-state index >= 15 is 0 Å². The largest absolute Gasteiger partial charge is 0.495 e. The number of hydrogen-bond donors (Lipinski definition) is 2. The van der Waals surface area contributed by atoms with Gasteiger partial charge in [-0.05, 0) is 66.9 Å². The van der Waals surface area contributed by atoms with Crippen molar-refractivity contribution in [2.75, 3.05) is 23.9 Å². The van der Waals surface area contributed by atoms with Gasteiger partial charge in [-0.2, -0.15) is 5.26 Å². The van der Waals surface area contributed by atoms with E-state index in [1.54, 1.807) is 28.1 Å². The van der Waals surface area contributed by atoms with E-state index in [0.29, 0.717) is 28.6 Å². The zero-order valence-electron chi connectivity index (χ0n) is 20.9. The average molecular weight is 528 g/mol. The van der Waals surface area contributed by atoms with Gasteiger partial charge in [0.2, 0.25) is 5.91 Å². The molecule has 2 aliphatic heterocycles. The number of fused-ring (bicyclic) bond motifs is 1. The number of anilines is 2. The van der Waals surface area contributed by atoms with Crippen LogP contribution < -0.4 is 20.4 Å². The number of methoxy groups -OCH3 is 1. The van der Waals surface area contributed by atoms with Gasteiger partial charge in [-0.25, -0.2) is 5.43 Å². The molecule has 8 nitrogen and oxygen atoms in total. The standard InChI is InChI=1S/C29H26ClN5O3/c1-18-17-34-27(25(16-32-34)28(36)33-23-9-12-26(38-2)21(14-23)15-31)29(37)35(18)24-10-5-20(6-11-24)13-19-3-7-22(30)8-4-19/h3-12,14,17,25,27,32H,13,16H2,1-2H3,(H,33,36)/t25-,27?/m0/s1. The molecule has 192 valence electrons. The van der Waals surface area contributed by atoms with Crippen LogP contribution in [-0.2, 0) is 16.0 Å². The number of ether oxygens (including phenoxy) is 1. The fourth-order valence-corrected chi connectivity index (χ4v) is 4.99. The molecular weight excluding hydrogens is 502 g/mol. The van der Waals surface area contributed by atoms with E-state index in [9.17, 15) is 14.9 Å². The highest BCUT2D eigenvalue weighted by atomic mass is 35.5. The molecule has 0 saturated carbocycles. The van der Waals surface area contributed by atoms with Crippen molar-refractivity contribution in [3.63, 3.8) is 0 Å². The minimum Gasteiger partial charge on any atom is -0.495 e. The van der Waals surface area contributed by atoms with Gasteiger partial charge in [0.05, 0.1) is 18.6 Å². The molecule has 1 unspecified atom stereocenters. The molecule has 0 aromatic heterocycles. The topological polar surface area (TPSA) is 97.7 Å². The molecule has 0 radical (unpaired) electrons. The molecule has 0 bridgehead atoms. The quantitative estimate of drug-likeness (QED) is 0.491. The molecule has 1 fully saturated rings. The van der Waals surface area contributed by atoms with Crippen LogP contribution in [0.1, 0.15) is 23.6 Å². The third-order valence-corrected chi connectivity index (χ3v) is 7.02. The lowest BCUT2D eigenvalue weighted by Gasteiger charge is -2.36. The minimum absolute atomic E-state index is 0.187. The second kappa shape index (κ2) is 10.6. The molecule has 1 saturated heterocycles. The van der Waals surface area contributed by atoms with E-state index in [1.165, 1.54) is 7.11 Å². The Kier molecular flexibility index (Phi) is 7.05. The Morgan fingerprint density at radius 2 is 1.82 bits per heavy atom. The SMILES string of the molecule is COc1ccc(NC(=O)[C@H]2CNN3C=C(C)N(c4ccc(Cc5ccc(Cl)cc5)cc4)C(=O)C23)cc1C#N. The number of rotatable bonds is 6. The number of nitrogens with zero attached hydrogens (tertiary/aromatic N) is 3. The number of carbonyl (C=O) groups is 2. The maximum atomic E-state index is 13.7. The maximum absolute atomic E-state index is 13.7. The monoisotopic (exact) mass is 527 g/mol. The highest BCUT2D eigenvalue weighted by Gasteiger charge is 2.47. The summed E-state index contributed by atoms with van der Waals surface area (Å²) in [5.41, 5.74) is 7.68. The van der Waals surface area contributed by atoms with Gasteiger partial charge in [0, 0.05) is 34.8 Å². The molecule has 0 aliphatic carbocycles. The van der Waals surface area contributed by atoms with Gasteiger partial charge in [0.1, 0.15) is 17.9 Å². The van der Waals surface area contributed by atoms with E-state index in [1.807, 2.05) is 61.7 Å². The van der Waals surface area contributed by atoms with E-state index in [0.717, 1.165) is 28.9 Å². The molecule has 5 rings (SSSR count). The van der Waals surface area contributed by atoms with Crippen molar-refractivity contribution in [3.8, 4) is 11.8 Å². The fraction of sp³-hybridized carbons (Fsp3) is 0.207. The summed E-state index contributed by atoms with van der Waals surface area (Å²) in [4.78, 5) is 28.6. The Bertz CT molecular complexity index is 1450. The lowest BCUT2D eigenvalue weighted by Crippen LogP contribution is -2.53. The first-order valence-corrected chi connectivity index (χ1v) is 12.5. The predicted molar refractivity (Wildman–Crippen MR) is 145 cm³/mol. The van der Waals surface area contributed by atoms with Crippen LogP contribution in [0.5, 0.6) is 5.75 Å². The Labute approximate surface area is 226 Å². The number of hydrogen-bond acceptors (Lipinski definition) is 6. The number of carbonyl (C=O) groups excluding carboxylic acids is 2. The molecule has 2 aliphatic rings. The Balaban J connectivity index is 1.32. The second-order valence-electron chi connectivity index (χ2n) is 9.25. The summed E-state index contributed by atoms with van der Waals surface area (Å²) in [6, 6.07) is 21.8. The molecule has 2 heterocycles. The van der Waals surface area contributed by atoms with Gasteiger partial charge in [0.25, 0.3) is 5.91 Å². The minimum atomic E-state index is -0.707. The van der Waals surface area contributed by atoms with Crippen molar-refractivity contribution in [3.05, 3.63) is 100 Å². The molecule has 0 spiro atoms. The number of nitriles is 1. The zero-order chi connectivity index (χ0) is 26.8. The zero-order valence-corrected chi connectivity index (χ0v) is 21.7. The molecule has 2 N–H and O–H groups in total. The third kappa shape index (κ3) is 4.94. The number of allylic oxidation sites excluding steroid dienone is 1. The molecular formula is C29H26ClN5O3. The smallest absolute Gasteiger partial charge is 0.256 e. The summed E-state index contributed by atoms with van der Waals surface area (Å²) in [5.74, 6) is -0.699. The lowest BCUT2D eigenvalue weighted by molar-refractivity contribution is -0.129. The van der Waals surface area contributed by atoms with Gasteiger partial charge < -0.3 is 15.1 Å². The Hall–Kier alpha value is -4.32. The fourth-order valence-electron chi connectivity index (χ4n) is 4.87. The summed E-state index contributed by atoms with van der Waals surface area (Å²) in [6.45, 7) is 2.17. The van der Waals surface area contributed by atoms with E-state index in [2.05, 4.69) is 16.8 Å². The highest BCUT2D eigenvalue weighted by molar-refractivity contribution is 6.30. The van der Waals surface area contributed by atoms with Crippen LogP contribution in [0, 0.1) is 17.2 Å². The van der Waals surface area contributed by atoms with Crippen molar-refractivity contribution >= 4 is 34.8 Å². The van der Waals surface area contributed by atoms with Gasteiger partial charge in [-0.1, -0.05) is 35.9 Å². The van der Waals surface area contributed by atoms with Crippen molar-refractivity contribution in [2.24, 2.45) is 5.92 Å². The van der Waals surface area contributed by atoms with E-state index in [-0.39, 0.29) is 11.8 Å². The van der Waals surface area contributed by atoms with Gasteiger partial charge in [-0.15, -0.1) is 0 Å². The molecule has 3 aromatic rings. The van der Waals surface area contributed by atoms with E-state index < -0.39 is 12.0 Å². The lowest BCUT2D eigenvalue weighted by atomic mass is 9.96. The van der Waals surface area contributed by atoms with Crippen LogP contribution >= 0.6 is 11.6 Å². The van der Waals surface area contributed by atoms with Gasteiger partial charge >= 0.3 is 0 Å². The van der Waals surface area contributed by atoms with Crippen LogP contribution in [-0.4, -0.2) is 36.5 Å². The number of amides is 2. The first-order chi connectivity index (χ1) is 18.4. The number of halogens is 1. The van der Waals surface area contributed by atoms with Crippen LogP contribution in [0.3, 0.4) is 0 Å². The van der Waals surface area contributed by atoms with Gasteiger partial charge in [0.15, 0.2) is 0 Å². The Morgan fingerprint density at radius 1 is 1.13 bits per heavy atom. The first kappa shape index (κ1) is 25.3. The molecule has 9 heteroatoms. The summed E-state index contributed by atoms with van der Waals surface area (Å²) < 4.78 is 5.17. The summed E-state index contributed by atoms with van der Waals surface area (Å²) in [7, 11) is 1.48. The second-order valence-corrected chi connectivity index (χ2v) is 9.69. The normalized spacial score (nSPS) is 18.5. The summed E-state index contributed by atoms with van der Waals surface area (Å²) in [5, 5.41) is 14.6. The number of nitrogens with one attached hydrogen (secondary N) is 2.